The zero-order valence-corrected chi connectivity index (χ0v) is 19.7. The smallest absolute Gasteiger partial charge is 0.253 e. The number of hydrogen-bond donors (Lipinski definition) is 1. The molecule has 34 heavy (non-hydrogen) atoms. The molecule has 176 valence electrons. The van der Waals surface area contributed by atoms with E-state index in [0.29, 0.717) is 25.3 Å². The summed E-state index contributed by atoms with van der Waals surface area (Å²) in [5.41, 5.74) is 3.81. The van der Waals surface area contributed by atoms with Gasteiger partial charge >= 0.3 is 0 Å². The van der Waals surface area contributed by atoms with Crippen LogP contribution in [-0.2, 0) is 11.4 Å². The molecule has 1 aromatic heterocycles. The van der Waals surface area contributed by atoms with Gasteiger partial charge < -0.3 is 15.0 Å². The first-order valence-electron chi connectivity index (χ1n) is 11.8. The van der Waals surface area contributed by atoms with Crippen molar-refractivity contribution in [1.29, 1.82) is 0 Å². The molecule has 0 bridgehead atoms. The second-order valence-corrected chi connectivity index (χ2v) is 8.91. The molecule has 1 aliphatic rings. The molecule has 0 aliphatic carbocycles. The summed E-state index contributed by atoms with van der Waals surface area (Å²) in [5, 5.41) is 3.12. The monoisotopic (exact) mass is 457 g/mol. The molecule has 2 amide bonds. The maximum atomic E-state index is 13.0. The number of aryl methyl sites for hydroxylation is 1. The van der Waals surface area contributed by atoms with Crippen LogP contribution >= 0.6 is 0 Å². The van der Waals surface area contributed by atoms with Crippen molar-refractivity contribution in [1.82, 2.24) is 15.2 Å². The molecule has 0 saturated carbocycles. The standard InChI is InChI=1S/C28H31N3O3/c1-20-7-9-24(10-8-20)28(33)31-16-4-6-25(18-31)27(32)30-21(2)23-11-13-26(14-12-23)34-19-22-5-3-15-29-17-22/h3,5,7-15,17,21,25H,4,6,16,18-19H2,1-2H3,(H,30,32). The predicted octanol–water partition coefficient (Wildman–Crippen LogP) is 4.70. The number of hydrogen-bond acceptors (Lipinski definition) is 4. The van der Waals surface area contributed by atoms with Gasteiger partial charge in [-0.1, -0.05) is 35.9 Å². The van der Waals surface area contributed by atoms with Gasteiger partial charge in [0.1, 0.15) is 12.4 Å². The lowest BCUT2D eigenvalue weighted by Gasteiger charge is -2.32. The summed E-state index contributed by atoms with van der Waals surface area (Å²) < 4.78 is 5.82. The number of nitrogens with zero attached hydrogens (tertiary/aromatic N) is 2. The first kappa shape index (κ1) is 23.5. The first-order chi connectivity index (χ1) is 16.5. The van der Waals surface area contributed by atoms with E-state index in [9.17, 15) is 9.59 Å². The Bertz CT molecular complexity index is 1100. The fraction of sp³-hybridized carbons (Fsp3) is 0.321. The summed E-state index contributed by atoms with van der Waals surface area (Å²) >= 11 is 0. The minimum atomic E-state index is -0.201. The van der Waals surface area contributed by atoms with Crippen molar-refractivity contribution in [3.63, 3.8) is 0 Å². The van der Waals surface area contributed by atoms with Gasteiger partial charge in [0, 0.05) is 36.6 Å². The summed E-state index contributed by atoms with van der Waals surface area (Å²) in [6.07, 6.45) is 5.14. The van der Waals surface area contributed by atoms with Gasteiger partial charge in [0.2, 0.25) is 5.91 Å². The van der Waals surface area contributed by atoms with Gasteiger partial charge in [-0.2, -0.15) is 0 Å². The van der Waals surface area contributed by atoms with Crippen LogP contribution in [0.25, 0.3) is 0 Å². The molecule has 1 saturated heterocycles. The highest BCUT2D eigenvalue weighted by Gasteiger charge is 2.29. The van der Waals surface area contributed by atoms with E-state index in [1.807, 2.05) is 74.5 Å². The molecule has 4 rings (SSSR count). The fourth-order valence-electron chi connectivity index (χ4n) is 4.17. The first-order valence-corrected chi connectivity index (χ1v) is 11.8. The van der Waals surface area contributed by atoms with Gasteiger partial charge in [-0.15, -0.1) is 0 Å². The summed E-state index contributed by atoms with van der Waals surface area (Å²) in [6, 6.07) is 19.1. The molecule has 2 heterocycles. The molecule has 1 aliphatic heterocycles. The van der Waals surface area contributed by atoms with Crippen molar-refractivity contribution >= 4 is 11.8 Å². The molecule has 2 unspecified atom stereocenters. The third-order valence-corrected chi connectivity index (χ3v) is 6.25. The number of rotatable bonds is 7. The van der Waals surface area contributed by atoms with Crippen molar-refractivity contribution in [2.75, 3.05) is 13.1 Å². The van der Waals surface area contributed by atoms with Gasteiger partial charge in [0.05, 0.1) is 12.0 Å². The lowest BCUT2D eigenvalue weighted by Crippen LogP contribution is -2.45. The number of likely N-dealkylation sites (tertiary alicyclic amines) is 1. The number of pyridine rings is 1. The number of aromatic nitrogens is 1. The topological polar surface area (TPSA) is 71.5 Å². The molecular formula is C28H31N3O3. The number of nitrogens with one attached hydrogen (secondary N) is 1. The number of piperidine rings is 1. The van der Waals surface area contributed by atoms with Crippen LogP contribution in [0.5, 0.6) is 5.75 Å². The largest absolute Gasteiger partial charge is 0.489 e. The minimum absolute atomic E-state index is 0.00702. The lowest BCUT2D eigenvalue weighted by molar-refractivity contribution is -0.127. The van der Waals surface area contributed by atoms with E-state index in [2.05, 4.69) is 10.3 Å². The van der Waals surface area contributed by atoms with Crippen LogP contribution in [0.4, 0.5) is 0 Å². The fourth-order valence-corrected chi connectivity index (χ4v) is 4.17. The zero-order chi connectivity index (χ0) is 23.9. The SMILES string of the molecule is Cc1ccc(C(=O)N2CCCC(C(=O)NC(C)c3ccc(OCc4cccnc4)cc3)C2)cc1. The van der Waals surface area contributed by atoms with E-state index in [1.54, 1.807) is 17.3 Å². The van der Waals surface area contributed by atoms with Crippen molar-refractivity contribution in [3.8, 4) is 5.75 Å². The van der Waals surface area contributed by atoms with Crippen LogP contribution in [0, 0.1) is 12.8 Å². The van der Waals surface area contributed by atoms with Crippen molar-refractivity contribution in [3.05, 3.63) is 95.3 Å². The number of ether oxygens (including phenoxy) is 1. The van der Waals surface area contributed by atoms with Crippen LogP contribution in [0.15, 0.2) is 73.1 Å². The van der Waals surface area contributed by atoms with Crippen LogP contribution in [0.2, 0.25) is 0 Å². The third kappa shape index (κ3) is 6.01. The quantitative estimate of drug-likeness (QED) is 0.558. The highest BCUT2D eigenvalue weighted by Crippen LogP contribution is 2.22. The normalized spacial score (nSPS) is 16.5. The Morgan fingerprint density at radius 1 is 1.12 bits per heavy atom. The number of benzene rings is 2. The van der Waals surface area contributed by atoms with Crippen LogP contribution in [0.1, 0.15) is 52.9 Å². The van der Waals surface area contributed by atoms with Crippen molar-refractivity contribution in [2.24, 2.45) is 5.92 Å². The molecule has 0 radical (unpaired) electrons. The van der Waals surface area contributed by atoms with E-state index in [0.717, 1.165) is 35.3 Å². The van der Waals surface area contributed by atoms with E-state index < -0.39 is 0 Å². The summed E-state index contributed by atoms with van der Waals surface area (Å²) in [7, 11) is 0. The van der Waals surface area contributed by atoms with Gasteiger partial charge in [-0.05, 0) is 62.6 Å². The maximum absolute atomic E-state index is 13.0. The van der Waals surface area contributed by atoms with Gasteiger partial charge in [0.15, 0.2) is 0 Å². The second kappa shape index (κ2) is 11.0. The van der Waals surface area contributed by atoms with Gasteiger partial charge in [-0.25, -0.2) is 0 Å². The van der Waals surface area contributed by atoms with Crippen LogP contribution in [0.3, 0.4) is 0 Å². The summed E-state index contributed by atoms with van der Waals surface area (Å²) in [5.74, 6) is 0.551. The second-order valence-electron chi connectivity index (χ2n) is 8.91. The molecule has 1 fully saturated rings. The molecular weight excluding hydrogens is 426 g/mol. The Hall–Kier alpha value is -3.67. The molecule has 6 heteroatoms. The predicted molar refractivity (Wildman–Crippen MR) is 131 cm³/mol. The van der Waals surface area contributed by atoms with Crippen LogP contribution < -0.4 is 10.1 Å². The Labute approximate surface area is 201 Å². The molecule has 0 spiro atoms. The average Bonchev–Trinajstić information content (AvgIpc) is 2.88. The lowest BCUT2D eigenvalue weighted by atomic mass is 9.95. The Kier molecular flexibility index (Phi) is 7.58. The molecule has 2 atom stereocenters. The van der Waals surface area contributed by atoms with Gasteiger partial charge in [0.25, 0.3) is 5.91 Å². The van der Waals surface area contributed by atoms with Crippen molar-refractivity contribution < 1.29 is 14.3 Å². The Morgan fingerprint density at radius 3 is 2.59 bits per heavy atom. The average molecular weight is 458 g/mol. The highest BCUT2D eigenvalue weighted by atomic mass is 16.5. The highest BCUT2D eigenvalue weighted by molar-refractivity contribution is 5.94. The minimum Gasteiger partial charge on any atom is -0.489 e. The molecule has 6 nitrogen and oxygen atoms in total. The van der Waals surface area contributed by atoms with E-state index >= 15 is 0 Å². The van der Waals surface area contributed by atoms with Crippen molar-refractivity contribution in [2.45, 2.75) is 39.3 Å². The summed E-state index contributed by atoms with van der Waals surface area (Å²) in [6.45, 7) is 5.57. The van der Waals surface area contributed by atoms with Gasteiger partial charge in [-0.3, -0.25) is 14.6 Å². The number of carbonyl (C=O) groups excluding carboxylic acids is 2. The van der Waals surface area contributed by atoms with E-state index in [4.69, 9.17) is 4.74 Å². The third-order valence-electron chi connectivity index (χ3n) is 6.25. The molecule has 3 aromatic rings. The zero-order valence-electron chi connectivity index (χ0n) is 19.7. The maximum Gasteiger partial charge on any atom is 0.253 e. The number of carbonyl (C=O) groups is 2. The number of amides is 2. The summed E-state index contributed by atoms with van der Waals surface area (Å²) in [4.78, 5) is 31.7. The molecule has 2 aromatic carbocycles. The molecule has 1 N–H and O–H groups in total. The Balaban J connectivity index is 1.30. The van der Waals surface area contributed by atoms with Crippen LogP contribution in [-0.4, -0.2) is 34.8 Å². The van der Waals surface area contributed by atoms with E-state index in [-0.39, 0.29) is 23.8 Å². The Morgan fingerprint density at radius 2 is 1.88 bits per heavy atom. The van der Waals surface area contributed by atoms with E-state index in [1.165, 1.54) is 0 Å².